The van der Waals surface area contributed by atoms with E-state index in [0.29, 0.717) is 17.7 Å². The number of benzene rings is 2. The van der Waals surface area contributed by atoms with E-state index in [-0.39, 0.29) is 7.92 Å². The Morgan fingerprint density at radius 2 is 1.23 bits per heavy atom. The third kappa shape index (κ3) is 4.93. The van der Waals surface area contributed by atoms with Gasteiger partial charge in [-0.2, -0.15) is 0 Å². The molecule has 2 aromatic rings. The fourth-order valence-electron chi connectivity index (χ4n) is 3.09. The zero-order valence-electron chi connectivity index (χ0n) is 14.2. The molecule has 0 saturated heterocycles. The summed E-state index contributed by atoms with van der Waals surface area (Å²) in [6.07, 6.45) is 1.20. The highest BCUT2D eigenvalue weighted by Gasteiger charge is 2.22. The maximum absolute atomic E-state index is 3.64. The molecule has 0 aromatic heterocycles. The number of nitrogens with one attached hydrogen (secondary N) is 1. The van der Waals surface area contributed by atoms with E-state index in [9.17, 15) is 0 Å². The van der Waals surface area contributed by atoms with Crippen molar-refractivity contribution < 1.29 is 0 Å². The SMILES string of the molecule is CC(C)N[C@@H](C)C[C@H](C)P(c1ccccc1)c1ccccc1. The van der Waals surface area contributed by atoms with E-state index in [2.05, 4.69) is 93.7 Å². The lowest BCUT2D eigenvalue weighted by Crippen LogP contribution is -2.35. The van der Waals surface area contributed by atoms with E-state index in [1.807, 2.05) is 0 Å². The molecule has 1 N–H and O–H groups in total. The molecule has 0 fully saturated rings. The van der Waals surface area contributed by atoms with Crippen molar-refractivity contribution in [3.63, 3.8) is 0 Å². The van der Waals surface area contributed by atoms with Crippen LogP contribution in [-0.2, 0) is 0 Å². The average molecular weight is 313 g/mol. The Morgan fingerprint density at radius 3 is 1.64 bits per heavy atom. The van der Waals surface area contributed by atoms with Gasteiger partial charge >= 0.3 is 0 Å². The summed E-state index contributed by atoms with van der Waals surface area (Å²) in [5.41, 5.74) is 0.654. The number of rotatable bonds is 7. The van der Waals surface area contributed by atoms with Crippen molar-refractivity contribution in [1.29, 1.82) is 0 Å². The van der Waals surface area contributed by atoms with Crippen LogP contribution in [0.15, 0.2) is 60.7 Å². The minimum Gasteiger partial charge on any atom is -0.312 e. The Bertz CT molecular complexity index is 499. The second kappa shape index (κ2) is 8.46. The van der Waals surface area contributed by atoms with Crippen molar-refractivity contribution in [2.45, 2.75) is 51.9 Å². The molecule has 2 heteroatoms. The third-order valence-corrected chi connectivity index (χ3v) is 6.62. The van der Waals surface area contributed by atoms with Gasteiger partial charge < -0.3 is 5.32 Å². The molecule has 22 heavy (non-hydrogen) atoms. The normalized spacial score (nSPS) is 14.3. The molecule has 2 rings (SSSR count). The van der Waals surface area contributed by atoms with Gasteiger partial charge in [0.2, 0.25) is 0 Å². The second-order valence-corrected chi connectivity index (χ2v) is 9.00. The van der Waals surface area contributed by atoms with Crippen molar-refractivity contribution in [3.05, 3.63) is 60.7 Å². The molecule has 0 bridgehead atoms. The fraction of sp³-hybridized carbons (Fsp3) is 0.400. The molecular weight excluding hydrogens is 285 g/mol. The van der Waals surface area contributed by atoms with Crippen molar-refractivity contribution in [3.8, 4) is 0 Å². The first-order valence-electron chi connectivity index (χ1n) is 8.23. The van der Waals surface area contributed by atoms with E-state index < -0.39 is 0 Å². The standard InChI is InChI=1S/C20H28NP/c1-16(2)21-17(3)15-18(4)22(19-11-7-5-8-12-19)20-13-9-6-10-14-20/h5-14,16-18,21H,15H2,1-4H3/t17-,18-/m0/s1. The van der Waals surface area contributed by atoms with Crippen LogP contribution in [-0.4, -0.2) is 17.7 Å². The van der Waals surface area contributed by atoms with Gasteiger partial charge in [0.25, 0.3) is 0 Å². The lowest BCUT2D eigenvalue weighted by molar-refractivity contribution is 0.465. The largest absolute Gasteiger partial charge is 0.312 e. The smallest absolute Gasteiger partial charge is 0.00472 e. The van der Waals surface area contributed by atoms with Gasteiger partial charge in [-0.05, 0) is 37.5 Å². The van der Waals surface area contributed by atoms with Crippen LogP contribution in [0.1, 0.15) is 34.1 Å². The fourth-order valence-corrected chi connectivity index (χ4v) is 5.92. The molecule has 0 spiro atoms. The Labute approximate surface area is 136 Å². The molecular formula is C20H28NP. The highest BCUT2D eigenvalue weighted by Crippen LogP contribution is 2.41. The van der Waals surface area contributed by atoms with Crippen LogP contribution in [0.25, 0.3) is 0 Å². The molecule has 0 aliphatic heterocycles. The van der Waals surface area contributed by atoms with Gasteiger partial charge in [0.15, 0.2) is 0 Å². The summed E-state index contributed by atoms with van der Waals surface area (Å²) >= 11 is 0. The Morgan fingerprint density at radius 1 is 0.773 bits per heavy atom. The molecule has 2 aromatic carbocycles. The van der Waals surface area contributed by atoms with Gasteiger partial charge in [-0.25, -0.2) is 0 Å². The molecule has 0 aliphatic rings. The molecule has 0 aliphatic carbocycles. The van der Waals surface area contributed by atoms with Crippen molar-refractivity contribution >= 4 is 18.5 Å². The highest BCUT2D eigenvalue weighted by atomic mass is 31.1. The number of hydrogen-bond acceptors (Lipinski definition) is 1. The second-order valence-electron chi connectivity index (χ2n) is 6.35. The Kier molecular flexibility index (Phi) is 6.61. The van der Waals surface area contributed by atoms with Crippen LogP contribution < -0.4 is 15.9 Å². The van der Waals surface area contributed by atoms with Gasteiger partial charge in [0.05, 0.1) is 0 Å². The van der Waals surface area contributed by atoms with E-state index in [1.165, 1.54) is 17.0 Å². The van der Waals surface area contributed by atoms with Gasteiger partial charge in [-0.3, -0.25) is 0 Å². The van der Waals surface area contributed by atoms with Crippen LogP contribution in [0.4, 0.5) is 0 Å². The Hall–Kier alpha value is -1.17. The zero-order chi connectivity index (χ0) is 15.9. The highest BCUT2D eigenvalue weighted by molar-refractivity contribution is 7.73. The maximum Gasteiger partial charge on any atom is 0.00472 e. The minimum atomic E-state index is -0.310. The molecule has 0 saturated carbocycles. The van der Waals surface area contributed by atoms with Crippen molar-refractivity contribution in [2.24, 2.45) is 0 Å². The third-order valence-electron chi connectivity index (χ3n) is 3.82. The molecule has 0 radical (unpaired) electrons. The lowest BCUT2D eigenvalue weighted by Gasteiger charge is -2.29. The monoisotopic (exact) mass is 313 g/mol. The molecule has 0 heterocycles. The summed E-state index contributed by atoms with van der Waals surface area (Å²) in [6, 6.07) is 23.1. The van der Waals surface area contributed by atoms with Gasteiger partial charge in [0, 0.05) is 12.1 Å². The summed E-state index contributed by atoms with van der Waals surface area (Å²) in [4.78, 5) is 0. The lowest BCUT2D eigenvalue weighted by atomic mass is 10.2. The molecule has 2 atom stereocenters. The van der Waals surface area contributed by atoms with Crippen LogP contribution in [0.3, 0.4) is 0 Å². The summed E-state index contributed by atoms with van der Waals surface area (Å²) in [5.74, 6) is 0. The van der Waals surface area contributed by atoms with E-state index in [4.69, 9.17) is 0 Å². The minimum absolute atomic E-state index is 0.310. The predicted molar refractivity (Wildman–Crippen MR) is 101 cm³/mol. The van der Waals surface area contributed by atoms with Crippen LogP contribution in [0.5, 0.6) is 0 Å². The van der Waals surface area contributed by atoms with Gasteiger partial charge in [-0.15, -0.1) is 0 Å². The van der Waals surface area contributed by atoms with Gasteiger partial charge in [0.1, 0.15) is 0 Å². The molecule has 1 nitrogen and oxygen atoms in total. The first-order chi connectivity index (χ1) is 10.6. The van der Waals surface area contributed by atoms with E-state index in [1.54, 1.807) is 0 Å². The number of hydrogen-bond donors (Lipinski definition) is 1. The van der Waals surface area contributed by atoms with E-state index in [0.717, 1.165) is 0 Å². The molecule has 0 unspecified atom stereocenters. The summed E-state index contributed by atoms with van der Waals surface area (Å²) in [6.45, 7) is 9.15. The average Bonchev–Trinajstić information content (AvgIpc) is 2.48. The summed E-state index contributed by atoms with van der Waals surface area (Å²) in [7, 11) is -0.310. The first kappa shape index (κ1) is 17.2. The van der Waals surface area contributed by atoms with Crippen LogP contribution >= 0.6 is 7.92 Å². The summed E-state index contributed by atoms with van der Waals surface area (Å²) in [5, 5.41) is 6.60. The topological polar surface area (TPSA) is 12.0 Å². The van der Waals surface area contributed by atoms with Gasteiger partial charge in [-0.1, -0.05) is 81.4 Å². The molecule has 0 amide bonds. The summed E-state index contributed by atoms with van der Waals surface area (Å²) < 4.78 is 0. The quantitative estimate of drug-likeness (QED) is 0.752. The molecule has 118 valence electrons. The zero-order valence-corrected chi connectivity index (χ0v) is 15.1. The first-order valence-corrected chi connectivity index (χ1v) is 9.64. The van der Waals surface area contributed by atoms with Crippen LogP contribution in [0, 0.1) is 0 Å². The maximum atomic E-state index is 3.64. The van der Waals surface area contributed by atoms with E-state index >= 15 is 0 Å². The Balaban J connectivity index is 2.21. The predicted octanol–water partition coefficient (Wildman–Crippen LogP) is 4.28. The van der Waals surface area contributed by atoms with Crippen LogP contribution in [0.2, 0.25) is 0 Å². The van der Waals surface area contributed by atoms with Crippen molar-refractivity contribution in [2.75, 3.05) is 0 Å². The van der Waals surface area contributed by atoms with Crippen molar-refractivity contribution in [1.82, 2.24) is 5.32 Å².